The zero-order valence-corrected chi connectivity index (χ0v) is 7.65. The van der Waals surface area contributed by atoms with Gasteiger partial charge in [0.05, 0.1) is 11.1 Å². The van der Waals surface area contributed by atoms with E-state index >= 15 is 0 Å². The predicted molar refractivity (Wildman–Crippen MR) is 52.7 cm³/mol. The standard InChI is InChI=1S/C12H6O3/c1-3-7-5-6-8(4-2)10-9(7)11(13)15-12(10)14/h1-2,5-6,11,13H. The number of rotatable bonds is 0. The average Bonchev–Trinajstić information content (AvgIpc) is 2.54. The normalized spacial score (nSPS) is 17.5. The minimum atomic E-state index is -1.31. The molecule has 1 atom stereocenters. The molecule has 0 saturated heterocycles. The summed E-state index contributed by atoms with van der Waals surface area (Å²) < 4.78 is 4.64. The van der Waals surface area contributed by atoms with Crippen LogP contribution in [0.15, 0.2) is 12.1 Å². The van der Waals surface area contributed by atoms with E-state index in [1.54, 1.807) is 12.1 Å². The van der Waals surface area contributed by atoms with Crippen LogP contribution in [0.2, 0.25) is 0 Å². The van der Waals surface area contributed by atoms with E-state index in [4.69, 9.17) is 12.8 Å². The van der Waals surface area contributed by atoms with E-state index in [0.717, 1.165) is 0 Å². The van der Waals surface area contributed by atoms with Crippen LogP contribution in [0, 0.1) is 24.7 Å². The molecule has 3 nitrogen and oxygen atoms in total. The number of aliphatic hydroxyl groups is 1. The molecule has 0 spiro atoms. The van der Waals surface area contributed by atoms with Gasteiger partial charge in [0, 0.05) is 11.1 Å². The van der Waals surface area contributed by atoms with E-state index in [1.165, 1.54) is 0 Å². The van der Waals surface area contributed by atoms with Crippen molar-refractivity contribution in [3.8, 4) is 24.7 Å². The summed E-state index contributed by atoms with van der Waals surface area (Å²) in [5.41, 5.74) is 1.28. The molecule has 72 valence electrons. The highest BCUT2D eigenvalue weighted by Gasteiger charge is 2.33. The van der Waals surface area contributed by atoms with E-state index in [2.05, 4.69) is 16.6 Å². The van der Waals surface area contributed by atoms with Gasteiger partial charge in [-0.3, -0.25) is 0 Å². The Morgan fingerprint density at radius 2 is 1.87 bits per heavy atom. The van der Waals surface area contributed by atoms with Crippen molar-refractivity contribution in [2.45, 2.75) is 6.29 Å². The first-order valence-electron chi connectivity index (χ1n) is 4.18. The van der Waals surface area contributed by atoms with Crippen LogP contribution in [-0.4, -0.2) is 11.1 Å². The number of fused-ring (bicyclic) bond motifs is 1. The van der Waals surface area contributed by atoms with E-state index in [0.29, 0.717) is 11.1 Å². The SMILES string of the molecule is C#Cc1ccc(C#C)c2c1C(=O)OC2O. The molecule has 1 aliphatic rings. The maximum atomic E-state index is 11.4. The first-order chi connectivity index (χ1) is 7.19. The fraction of sp³-hybridized carbons (Fsp3) is 0.0833. The van der Waals surface area contributed by atoms with Crippen molar-refractivity contribution >= 4 is 5.97 Å². The van der Waals surface area contributed by atoms with Gasteiger partial charge in [0.15, 0.2) is 0 Å². The van der Waals surface area contributed by atoms with Gasteiger partial charge in [-0.1, -0.05) is 11.8 Å². The Balaban J connectivity index is 2.81. The third-order valence-electron chi connectivity index (χ3n) is 2.23. The van der Waals surface area contributed by atoms with E-state index in [-0.39, 0.29) is 11.1 Å². The second kappa shape index (κ2) is 3.16. The molecule has 0 bridgehead atoms. The van der Waals surface area contributed by atoms with Crippen molar-refractivity contribution < 1.29 is 14.6 Å². The van der Waals surface area contributed by atoms with Crippen LogP contribution in [0.5, 0.6) is 0 Å². The number of cyclic esters (lactones) is 1. The largest absolute Gasteiger partial charge is 0.428 e. The third kappa shape index (κ3) is 1.19. The van der Waals surface area contributed by atoms with Crippen LogP contribution in [-0.2, 0) is 4.74 Å². The summed E-state index contributed by atoms with van der Waals surface area (Å²) >= 11 is 0. The topological polar surface area (TPSA) is 46.5 Å². The first kappa shape index (κ1) is 9.33. The minimum absolute atomic E-state index is 0.195. The molecule has 1 aromatic carbocycles. The molecule has 3 heteroatoms. The zero-order valence-electron chi connectivity index (χ0n) is 7.65. The molecule has 0 fully saturated rings. The van der Waals surface area contributed by atoms with Gasteiger partial charge >= 0.3 is 5.97 Å². The Kier molecular flexibility index (Phi) is 1.97. The Morgan fingerprint density at radius 3 is 2.47 bits per heavy atom. The van der Waals surface area contributed by atoms with Crippen LogP contribution in [0.25, 0.3) is 0 Å². The molecule has 0 aromatic heterocycles. The van der Waals surface area contributed by atoms with Crippen molar-refractivity contribution in [1.82, 2.24) is 0 Å². The van der Waals surface area contributed by atoms with Crippen LogP contribution < -0.4 is 0 Å². The molecule has 2 rings (SSSR count). The van der Waals surface area contributed by atoms with Gasteiger partial charge in [0.2, 0.25) is 6.29 Å². The Bertz CT molecular complexity index is 529. The lowest BCUT2D eigenvalue weighted by Gasteiger charge is -2.04. The molecule has 1 heterocycles. The van der Waals surface area contributed by atoms with E-state index in [9.17, 15) is 9.90 Å². The molecule has 1 aromatic rings. The van der Waals surface area contributed by atoms with E-state index in [1.807, 2.05) is 0 Å². The van der Waals surface area contributed by atoms with Crippen molar-refractivity contribution in [1.29, 1.82) is 0 Å². The van der Waals surface area contributed by atoms with Crippen molar-refractivity contribution in [3.63, 3.8) is 0 Å². The zero-order chi connectivity index (χ0) is 11.0. The van der Waals surface area contributed by atoms with E-state index < -0.39 is 12.3 Å². The molecule has 0 radical (unpaired) electrons. The molecule has 0 amide bonds. The summed E-state index contributed by atoms with van der Waals surface area (Å²) in [6.45, 7) is 0. The number of aliphatic hydroxyl groups excluding tert-OH is 1. The molecule has 0 saturated carbocycles. The fourth-order valence-electron chi connectivity index (χ4n) is 1.56. The molecule has 1 N–H and O–H groups in total. The number of esters is 1. The number of ether oxygens (including phenoxy) is 1. The molecule has 0 aliphatic carbocycles. The Hall–Kier alpha value is -2.23. The summed E-state index contributed by atoms with van der Waals surface area (Å²) in [7, 11) is 0. The smallest absolute Gasteiger partial charge is 0.342 e. The summed E-state index contributed by atoms with van der Waals surface area (Å²) in [5.74, 6) is 4.08. The lowest BCUT2D eigenvalue weighted by Crippen LogP contribution is -1.98. The van der Waals surface area contributed by atoms with Gasteiger partial charge in [-0.15, -0.1) is 12.8 Å². The molecular weight excluding hydrogens is 192 g/mol. The number of hydrogen-bond acceptors (Lipinski definition) is 3. The van der Waals surface area contributed by atoms with Gasteiger partial charge in [0.25, 0.3) is 0 Å². The Morgan fingerprint density at radius 1 is 1.27 bits per heavy atom. The third-order valence-corrected chi connectivity index (χ3v) is 2.23. The van der Waals surface area contributed by atoms with Crippen molar-refractivity contribution in [2.75, 3.05) is 0 Å². The van der Waals surface area contributed by atoms with Gasteiger partial charge in [-0.05, 0) is 12.1 Å². The summed E-state index contributed by atoms with van der Waals surface area (Å²) in [6.07, 6.45) is 9.16. The summed E-state index contributed by atoms with van der Waals surface area (Å²) in [5, 5.41) is 9.48. The average molecular weight is 198 g/mol. The van der Waals surface area contributed by atoms with Crippen molar-refractivity contribution in [2.24, 2.45) is 0 Å². The van der Waals surface area contributed by atoms with Gasteiger partial charge in [-0.25, -0.2) is 4.79 Å². The van der Waals surface area contributed by atoms with Crippen LogP contribution in [0.4, 0.5) is 0 Å². The van der Waals surface area contributed by atoms with Gasteiger partial charge in [0.1, 0.15) is 0 Å². The van der Waals surface area contributed by atoms with Crippen LogP contribution in [0.3, 0.4) is 0 Å². The lowest BCUT2D eigenvalue weighted by atomic mass is 9.98. The number of carbonyl (C=O) groups is 1. The number of benzene rings is 1. The first-order valence-corrected chi connectivity index (χ1v) is 4.18. The van der Waals surface area contributed by atoms with Crippen LogP contribution in [0.1, 0.15) is 33.3 Å². The highest BCUT2D eigenvalue weighted by atomic mass is 16.6. The minimum Gasteiger partial charge on any atom is -0.428 e. The monoisotopic (exact) mass is 198 g/mol. The number of carbonyl (C=O) groups excluding carboxylic acids is 1. The number of terminal acetylenes is 2. The summed E-state index contributed by atoms with van der Waals surface area (Å²) in [4.78, 5) is 11.4. The second-order valence-corrected chi connectivity index (χ2v) is 3.00. The Labute approximate surface area is 86.7 Å². The van der Waals surface area contributed by atoms with Crippen LogP contribution >= 0.6 is 0 Å². The fourth-order valence-corrected chi connectivity index (χ4v) is 1.56. The van der Waals surface area contributed by atoms with Gasteiger partial charge < -0.3 is 9.84 Å². The quantitative estimate of drug-likeness (QED) is 0.495. The molecule has 15 heavy (non-hydrogen) atoms. The molecular formula is C12H6O3. The highest BCUT2D eigenvalue weighted by molar-refractivity contribution is 5.97. The number of hydrogen-bond donors (Lipinski definition) is 1. The maximum Gasteiger partial charge on any atom is 0.342 e. The maximum absolute atomic E-state index is 11.4. The molecule has 1 unspecified atom stereocenters. The lowest BCUT2D eigenvalue weighted by molar-refractivity contribution is -0.0548. The predicted octanol–water partition coefficient (Wildman–Crippen LogP) is 0.810. The van der Waals surface area contributed by atoms with Gasteiger partial charge in [-0.2, -0.15) is 0 Å². The highest BCUT2D eigenvalue weighted by Crippen LogP contribution is 2.33. The molecule has 1 aliphatic heterocycles. The van der Waals surface area contributed by atoms with Crippen molar-refractivity contribution in [3.05, 3.63) is 34.4 Å². The summed E-state index contributed by atoms with van der Waals surface area (Å²) in [6, 6.07) is 3.15. The second-order valence-electron chi connectivity index (χ2n) is 3.00.